The fraction of sp³-hybridized carbons (Fsp3) is 0.250. The molecule has 0 bridgehead atoms. The molecule has 7 nitrogen and oxygen atoms in total. The van der Waals surface area contributed by atoms with Crippen molar-refractivity contribution < 1.29 is 18.3 Å². The molecule has 2 rings (SSSR count). The van der Waals surface area contributed by atoms with Crippen LogP contribution in [-0.4, -0.2) is 37.1 Å². The predicted molar refractivity (Wildman–Crippen MR) is 88.7 cm³/mol. The molecule has 0 radical (unpaired) electrons. The van der Waals surface area contributed by atoms with Crippen molar-refractivity contribution in [1.82, 2.24) is 15.0 Å². The van der Waals surface area contributed by atoms with E-state index in [9.17, 15) is 13.2 Å². The molecule has 24 heavy (non-hydrogen) atoms. The van der Waals surface area contributed by atoms with E-state index in [1.165, 1.54) is 31.5 Å². The van der Waals surface area contributed by atoms with Crippen molar-refractivity contribution in [3.8, 4) is 0 Å². The first-order chi connectivity index (χ1) is 11.4. The lowest BCUT2D eigenvalue weighted by atomic mass is 10.2. The summed E-state index contributed by atoms with van der Waals surface area (Å²) >= 11 is 0. The number of aliphatic hydroxyl groups excluding tert-OH is 1. The van der Waals surface area contributed by atoms with Gasteiger partial charge in [0.1, 0.15) is 0 Å². The van der Waals surface area contributed by atoms with E-state index < -0.39 is 16.1 Å². The van der Waals surface area contributed by atoms with Crippen LogP contribution in [0, 0.1) is 0 Å². The van der Waals surface area contributed by atoms with Crippen LogP contribution in [0.2, 0.25) is 0 Å². The van der Waals surface area contributed by atoms with E-state index in [1.807, 2.05) is 0 Å². The van der Waals surface area contributed by atoms with Gasteiger partial charge in [0, 0.05) is 31.0 Å². The van der Waals surface area contributed by atoms with Crippen LogP contribution in [0.3, 0.4) is 0 Å². The standard InChI is InChI=1S/C16H19N3O4S/c1-12(20)10-19-24(22,23)15-4-2-13(3-5-15)11-18-16(21)14-6-8-17-9-7-14/h2-9,12,19-20H,10-11H2,1H3,(H,18,21)/t12-/m0/s1. The van der Waals surface area contributed by atoms with E-state index >= 15 is 0 Å². The molecule has 1 atom stereocenters. The van der Waals surface area contributed by atoms with Crippen molar-refractivity contribution in [3.63, 3.8) is 0 Å². The van der Waals surface area contributed by atoms with Gasteiger partial charge in [0.05, 0.1) is 11.0 Å². The molecule has 3 N–H and O–H groups in total. The van der Waals surface area contributed by atoms with Crippen molar-refractivity contribution in [3.05, 3.63) is 59.9 Å². The van der Waals surface area contributed by atoms with Crippen molar-refractivity contribution in [1.29, 1.82) is 0 Å². The fourth-order valence-corrected chi connectivity index (χ4v) is 3.01. The van der Waals surface area contributed by atoms with Gasteiger partial charge in [0.2, 0.25) is 10.0 Å². The first-order valence-corrected chi connectivity index (χ1v) is 8.82. The first-order valence-electron chi connectivity index (χ1n) is 7.33. The summed E-state index contributed by atoms with van der Waals surface area (Å²) < 4.78 is 26.3. The summed E-state index contributed by atoms with van der Waals surface area (Å²) in [5, 5.41) is 11.9. The zero-order valence-corrected chi connectivity index (χ0v) is 14.0. The highest BCUT2D eigenvalue weighted by Gasteiger charge is 2.14. The SMILES string of the molecule is C[C@H](O)CNS(=O)(=O)c1ccc(CNC(=O)c2ccncc2)cc1. The minimum Gasteiger partial charge on any atom is -0.392 e. The summed E-state index contributed by atoms with van der Waals surface area (Å²) in [6.45, 7) is 1.73. The van der Waals surface area contributed by atoms with Crippen LogP contribution in [0.5, 0.6) is 0 Å². The number of aromatic nitrogens is 1. The molecule has 1 aromatic carbocycles. The molecule has 0 spiro atoms. The number of hydrogen-bond donors (Lipinski definition) is 3. The van der Waals surface area contributed by atoms with Crippen LogP contribution >= 0.6 is 0 Å². The van der Waals surface area contributed by atoms with Crippen LogP contribution in [0.25, 0.3) is 0 Å². The van der Waals surface area contributed by atoms with E-state index in [1.54, 1.807) is 24.3 Å². The van der Waals surface area contributed by atoms with Crippen molar-refractivity contribution in [2.24, 2.45) is 0 Å². The molecule has 1 heterocycles. The van der Waals surface area contributed by atoms with Crippen LogP contribution in [0.1, 0.15) is 22.8 Å². The Bertz CT molecular complexity index is 775. The Hall–Kier alpha value is -2.29. The van der Waals surface area contributed by atoms with Gasteiger partial charge < -0.3 is 10.4 Å². The predicted octanol–water partition coefficient (Wildman–Crippen LogP) is 0.671. The second-order valence-corrected chi connectivity index (χ2v) is 7.03. The molecular weight excluding hydrogens is 330 g/mol. The monoisotopic (exact) mass is 349 g/mol. The maximum Gasteiger partial charge on any atom is 0.251 e. The average Bonchev–Trinajstić information content (AvgIpc) is 2.59. The Labute approximate surface area is 140 Å². The molecule has 1 amide bonds. The Morgan fingerprint density at radius 1 is 1.17 bits per heavy atom. The van der Waals surface area contributed by atoms with Crippen molar-refractivity contribution in [2.45, 2.75) is 24.5 Å². The number of amides is 1. The number of hydrogen-bond acceptors (Lipinski definition) is 5. The number of carbonyl (C=O) groups is 1. The first kappa shape index (κ1) is 18.1. The third-order valence-electron chi connectivity index (χ3n) is 3.20. The van der Waals surface area contributed by atoms with E-state index in [0.29, 0.717) is 5.56 Å². The molecule has 0 aliphatic carbocycles. The lowest BCUT2D eigenvalue weighted by Gasteiger charge is -2.09. The Morgan fingerprint density at radius 2 is 1.79 bits per heavy atom. The number of aliphatic hydroxyl groups is 1. The lowest BCUT2D eigenvalue weighted by molar-refractivity contribution is 0.0950. The third kappa shape index (κ3) is 5.12. The Morgan fingerprint density at radius 3 is 2.38 bits per heavy atom. The molecule has 1 aromatic heterocycles. The van der Waals surface area contributed by atoms with Gasteiger partial charge in [-0.25, -0.2) is 13.1 Å². The number of sulfonamides is 1. The maximum absolute atomic E-state index is 12.0. The Kier molecular flexibility index (Phi) is 6.02. The molecule has 128 valence electrons. The minimum atomic E-state index is -3.65. The number of pyridine rings is 1. The summed E-state index contributed by atoms with van der Waals surface area (Å²) in [6.07, 6.45) is 2.31. The quantitative estimate of drug-likeness (QED) is 0.681. The van der Waals surface area contributed by atoms with Gasteiger partial charge >= 0.3 is 0 Å². The highest BCUT2D eigenvalue weighted by atomic mass is 32.2. The maximum atomic E-state index is 12.0. The van der Waals surface area contributed by atoms with Gasteiger partial charge in [-0.3, -0.25) is 9.78 Å². The molecule has 0 fully saturated rings. The Balaban J connectivity index is 1.96. The number of benzene rings is 1. The molecular formula is C16H19N3O4S. The van der Waals surface area contributed by atoms with Gasteiger partial charge in [0.15, 0.2) is 0 Å². The van der Waals surface area contributed by atoms with E-state index in [4.69, 9.17) is 5.11 Å². The fourth-order valence-electron chi connectivity index (χ4n) is 1.89. The third-order valence-corrected chi connectivity index (χ3v) is 4.64. The zero-order chi connectivity index (χ0) is 17.6. The summed E-state index contributed by atoms with van der Waals surface area (Å²) in [5.41, 5.74) is 1.28. The summed E-state index contributed by atoms with van der Waals surface area (Å²) in [6, 6.07) is 9.39. The van der Waals surface area contributed by atoms with Crippen LogP contribution in [0.4, 0.5) is 0 Å². The molecule has 2 aromatic rings. The van der Waals surface area contributed by atoms with Gasteiger partial charge in [-0.05, 0) is 36.8 Å². The highest BCUT2D eigenvalue weighted by molar-refractivity contribution is 7.89. The van der Waals surface area contributed by atoms with E-state index in [-0.39, 0.29) is 23.9 Å². The average molecular weight is 349 g/mol. The smallest absolute Gasteiger partial charge is 0.251 e. The molecule has 0 saturated heterocycles. The number of nitrogens with one attached hydrogen (secondary N) is 2. The van der Waals surface area contributed by atoms with Crippen LogP contribution in [0.15, 0.2) is 53.7 Å². The van der Waals surface area contributed by atoms with Crippen LogP contribution < -0.4 is 10.0 Å². The van der Waals surface area contributed by atoms with Gasteiger partial charge in [-0.2, -0.15) is 0 Å². The van der Waals surface area contributed by atoms with Gasteiger partial charge in [-0.1, -0.05) is 12.1 Å². The van der Waals surface area contributed by atoms with Crippen molar-refractivity contribution in [2.75, 3.05) is 6.54 Å². The summed E-state index contributed by atoms with van der Waals surface area (Å²) in [5.74, 6) is -0.229. The zero-order valence-electron chi connectivity index (χ0n) is 13.1. The second-order valence-electron chi connectivity index (χ2n) is 5.26. The molecule has 0 saturated carbocycles. The number of carbonyl (C=O) groups excluding carboxylic acids is 1. The van der Waals surface area contributed by atoms with Gasteiger partial charge in [-0.15, -0.1) is 0 Å². The molecule has 0 unspecified atom stereocenters. The minimum absolute atomic E-state index is 0.0495. The van der Waals surface area contributed by atoms with E-state index in [0.717, 1.165) is 5.56 Å². The van der Waals surface area contributed by atoms with Gasteiger partial charge in [0.25, 0.3) is 5.91 Å². The van der Waals surface area contributed by atoms with Crippen molar-refractivity contribution >= 4 is 15.9 Å². The second kappa shape index (κ2) is 8.00. The number of rotatable bonds is 7. The topological polar surface area (TPSA) is 108 Å². The highest BCUT2D eigenvalue weighted by Crippen LogP contribution is 2.10. The molecule has 8 heteroatoms. The van der Waals surface area contributed by atoms with E-state index in [2.05, 4.69) is 15.0 Å². The lowest BCUT2D eigenvalue weighted by Crippen LogP contribution is -2.30. The largest absolute Gasteiger partial charge is 0.392 e. The van der Waals surface area contributed by atoms with Crippen LogP contribution in [-0.2, 0) is 16.6 Å². The molecule has 0 aliphatic rings. The normalized spacial score (nSPS) is 12.6. The summed E-state index contributed by atoms with van der Waals surface area (Å²) in [7, 11) is -3.65. The number of nitrogens with zero attached hydrogens (tertiary/aromatic N) is 1. The molecule has 0 aliphatic heterocycles. The summed E-state index contributed by atoms with van der Waals surface area (Å²) in [4.78, 5) is 15.9.